The molecule has 5 rings (SSSR count). The number of benzene rings is 1. The van der Waals surface area contributed by atoms with E-state index < -0.39 is 18.8 Å². The SMILES string of the molecule is Cc1nc2ccccc2nc1-c1cc2nc(N3CCCC3)cc(NC[C@H](O)C(F)(F)F)n2n1. The number of halogens is 3. The van der Waals surface area contributed by atoms with E-state index in [1.165, 1.54) is 4.52 Å². The summed E-state index contributed by atoms with van der Waals surface area (Å²) in [7, 11) is 0. The van der Waals surface area contributed by atoms with Crippen LogP contribution in [0.1, 0.15) is 18.5 Å². The molecule has 0 aliphatic carbocycles. The standard InChI is InChI=1S/C22H22F3N7O/c1-13-21(28-15-7-3-2-6-14(15)27-13)16-10-20-29-19(31-8-4-5-9-31)11-18(32(20)30-16)26-12-17(33)22(23,24)25/h2-3,6-7,10-11,17,26,33H,4-5,8-9,12H2,1H3/t17-/m0/s1. The van der Waals surface area contributed by atoms with Crippen LogP contribution in [0.25, 0.3) is 28.1 Å². The van der Waals surface area contributed by atoms with E-state index in [2.05, 4.69) is 25.3 Å². The fourth-order valence-corrected chi connectivity index (χ4v) is 3.96. The van der Waals surface area contributed by atoms with E-state index in [4.69, 9.17) is 4.98 Å². The van der Waals surface area contributed by atoms with E-state index in [0.717, 1.165) is 31.4 Å². The van der Waals surface area contributed by atoms with Gasteiger partial charge in [-0.1, -0.05) is 12.1 Å². The van der Waals surface area contributed by atoms with Crippen LogP contribution in [0.5, 0.6) is 0 Å². The quantitative estimate of drug-likeness (QED) is 0.473. The number of aliphatic hydroxyl groups is 1. The lowest BCUT2D eigenvalue weighted by atomic mass is 10.2. The average molecular weight is 457 g/mol. The van der Waals surface area contributed by atoms with Gasteiger partial charge in [0.25, 0.3) is 0 Å². The van der Waals surface area contributed by atoms with Crippen LogP contribution in [0.15, 0.2) is 36.4 Å². The fraction of sp³-hybridized carbons (Fsp3) is 0.364. The molecule has 0 radical (unpaired) electrons. The van der Waals surface area contributed by atoms with Gasteiger partial charge in [0.05, 0.1) is 23.3 Å². The van der Waals surface area contributed by atoms with Crippen molar-refractivity contribution in [3.8, 4) is 11.4 Å². The number of hydrogen-bond acceptors (Lipinski definition) is 7. The van der Waals surface area contributed by atoms with Gasteiger partial charge in [0.2, 0.25) is 0 Å². The number of anilines is 2. The zero-order chi connectivity index (χ0) is 23.2. The third-order valence-corrected chi connectivity index (χ3v) is 5.69. The van der Waals surface area contributed by atoms with Gasteiger partial charge in [0, 0.05) is 25.2 Å². The Morgan fingerprint density at radius 1 is 1.06 bits per heavy atom. The number of aryl methyl sites for hydroxylation is 1. The lowest BCUT2D eigenvalue weighted by molar-refractivity contribution is -0.198. The molecule has 0 saturated carbocycles. The summed E-state index contributed by atoms with van der Waals surface area (Å²) < 4.78 is 40.0. The second-order valence-electron chi connectivity index (χ2n) is 8.08. The minimum atomic E-state index is -4.72. The third-order valence-electron chi connectivity index (χ3n) is 5.69. The van der Waals surface area contributed by atoms with Gasteiger partial charge < -0.3 is 15.3 Å². The number of rotatable bonds is 5. The Bertz CT molecular complexity index is 1310. The molecule has 1 saturated heterocycles. The van der Waals surface area contributed by atoms with Gasteiger partial charge in [-0.2, -0.15) is 22.8 Å². The normalized spacial score (nSPS) is 15.5. The van der Waals surface area contributed by atoms with Crippen molar-refractivity contribution in [3.05, 3.63) is 42.1 Å². The number of fused-ring (bicyclic) bond motifs is 2. The molecule has 33 heavy (non-hydrogen) atoms. The monoisotopic (exact) mass is 457 g/mol. The Balaban J connectivity index is 1.59. The molecule has 4 aromatic rings. The fourth-order valence-electron chi connectivity index (χ4n) is 3.96. The number of alkyl halides is 3. The van der Waals surface area contributed by atoms with E-state index >= 15 is 0 Å². The number of hydrogen-bond donors (Lipinski definition) is 2. The summed E-state index contributed by atoms with van der Waals surface area (Å²) in [5, 5.41) is 16.7. The summed E-state index contributed by atoms with van der Waals surface area (Å²) >= 11 is 0. The highest BCUT2D eigenvalue weighted by Gasteiger charge is 2.38. The van der Waals surface area contributed by atoms with Crippen LogP contribution in [0.3, 0.4) is 0 Å². The first-order chi connectivity index (χ1) is 15.8. The number of nitrogens with one attached hydrogen (secondary N) is 1. The van der Waals surface area contributed by atoms with Crippen LogP contribution in [0.2, 0.25) is 0 Å². The van der Waals surface area contributed by atoms with E-state index in [-0.39, 0.29) is 0 Å². The summed E-state index contributed by atoms with van der Waals surface area (Å²) in [5.41, 5.74) is 3.71. The molecule has 1 aromatic carbocycles. The Morgan fingerprint density at radius 2 is 1.76 bits per heavy atom. The highest BCUT2D eigenvalue weighted by molar-refractivity contribution is 5.78. The molecule has 1 atom stereocenters. The lowest BCUT2D eigenvalue weighted by Crippen LogP contribution is -2.35. The van der Waals surface area contributed by atoms with Crippen molar-refractivity contribution >= 4 is 28.3 Å². The number of nitrogens with zero attached hydrogens (tertiary/aromatic N) is 6. The molecule has 11 heteroatoms. The highest BCUT2D eigenvalue weighted by atomic mass is 19.4. The van der Waals surface area contributed by atoms with Crippen molar-refractivity contribution in [1.29, 1.82) is 0 Å². The molecule has 1 aliphatic heterocycles. The smallest absolute Gasteiger partial charge is 0.382 e. The van der Waals surface area contributed by atoms with E-state index in [0.29, 0.717) is 39.9 Å². The van der Waals surface area contributed by atoms with Crippen LogP contribution in [0, 0.1) is 6.92 Å². The summed E-state index contributed by atoms with van der Waals surface area (Å²) in [4.78, 5) is 16.1. The van der Waals surface area contributed by atoms with Crippen molar-refractivity contribution in [2.45, 2.75) is 32.0 Å². The van der Waals surface area contributed by atoms with Crippen LogP contribution in [-0.2, 0) is 0 Å². The molecule has 1 fully saturated rings. The summed E-state index contributed by atoms with van der Waals surface area (Å²) in [6.45, 7) is 2.78. The molecule has 0 bridgehead atoms. The Labute approximate surface area is 187 Å². The number of aromatic nitrogens is 5. The van der Waals surface area contributed by atoms with Gasteiger partial charge in [-0.25, -0.2) is 15.0 Å². The topological polar surface area (TPSA) is 91.5 Å². The molecule has 4 heterocycles. The molecule has 172 valence electrons. The molecule has 3 aromatic heterocycles. The molecular weight excluding hydrogens is 435 g/mol. The maximum absolute atomic E-state index is 12.8. The van der Waals surface area contributed by atoms with Crippen LogP contribution in [-0.4, -0.2) is 61.6 Å². The first-order valence-corrected chi connectivity index (χ1v) is 10.7. The first kappa shape index (κ1) is 21.4. The van der Waals surface area contributed by atoms with Gasteiger partial charge >= 0.3 is 6.18 Å². The minimum absolute atomic E-state index is 0.308. The maximum Gasteiger partial charge on any atom is 0.416 e. The highest BCUT2D eigenvalue weighted by Crippen LogP contribution is 2.28. The van der Waals surface area contributed by atoms with E-state index in [9.17, 15) is 18.3 Å². The Kier molecular flexibility index (Phi) is 5.28. The van der Waals surface area contributed by atoms with E-state index in [1.807, 2.05) is 31.2 Å². The zero-order valence-corrected chi connectivity index (χ0v) is 17.8. The molecule has 1 aliphatic rings. The molecule has 0 unspecified atom stereocenters. The molecule has 0 amide bonds. The second-order valence-corrected chi connectivity index (χ2v) is 8.08. The maximum atomic E-state index is 12.8. The summed E-state index contributed by atoms with van der Waals surface area (Å²) in [5.74, 6) is 0.958. The van der Waals surface area contributed by atoms with Gasteiger partial charge in [-0.3, -0.25) is 0 Å². The molecule has 2 N–H and O–H groups in total. The van der Waals surface area contributed by atoms with Crippen molar-refractivity contribution in [3.63, 3.8) is 0 Å². The van der Waals surface area contributed by atoms with Crippen molar-refractivity contribution < 1.29 is 18.3 Å². The molecular formula is C22H22F3N7O. The van der Waals surface area contributed by atoms with Crippen molar-refractivity contribution in [2.75, 3.05) is 29.9 Å². The predicted octanol–water partition coefficient (Wildman–Crippen LogP) is 3.58. The predicted molar refractivity (Wildman–Crippen MR) is 118 cm³/mol. The van der Waals surface area contributed by atoms with Gasteiger partial charge in [0.1, 0.15) is 23.0 Å². The minimum Gasteiger partial charge on any atom is -0.382 e. The zero-order valence-electron chi connectivity index (χ0n) is 17.8. The van der Waals surface area contributed by atoms with E-state index in [1.54, 1.807) is 12.1 Å². The van der Waals surface area contributed by atoms with Gasteiger partial charge in [0.15, 0.2) is 11.8 Å². The number of aliphatic hydroxyl groups excluding tert-OH is 1. The van der Waals surface area contributed by atoms with Crippen molar-refractivity contribution in [1.82, 2.24) is 24.6 Å². The Morgan fingerprint density at radius 3 is 2.45 bits per heavy atom. The van der Waals surface area contributed by atoms with Crippen molar-refractivity contribution in [2.24, 2.45) is 0 Å². The lowest BCUT2D eigenvalue weighted by Gasteiger charge is -2.20. The summed E-state index contributed by atoms with van der Waals surface area (Å²) in [6, 6.07) is 10.9. The largest absolute Gasteiger partial charge is 0.416 e. The number of para-hydroxylation sites is 2. The van der Waals surface area contributed by atoms with Gasteiger partial charge in [-0.15, -0.1) is 0 Å². The van der Waals surface area contributed by atoms with Crippen LogP contribution < -0.4 is 10.2 Å². The van der Waals surface area contributed by atoms with Crippen LogP contribution in [0.4, 0.5) is 24.8 Å². The average Bonchev–Trinajstić information content (AvgIpc) is 3.46. The van der Waals surface area contributed by atoms with Gasteiger partial charge in [-0.05, 0) is 31.9 Å². The Hall–Kier alpha value is -3.47. The molecule has 0 spiro atoms. The third kappa shape index (κ3) is 4.15. The first-order valence-electron chi connectivity index (χ1n) is 10.7. The summed E-state index contributed by atoms with van der Waals surface area (Å²) in [6.07, 6.45) is -5.17. The van der Waals surface area contributed by atoms with Crippen LogP contribution >= 0.6 is 0 Å². The molecule has 8 nitrogen and oxygen atoms in total. The second kappa shape index (κ2) is 8.14.